The lowest BCUT2D eigenvalue weighted by Crippen LogP contribution is -2.05. The van der Waals surface area contributed by atoms with E-state index in [4.69, 9.17) is 11.5 Å². The van der Waals surface area contributed by atoms with Gasteiger partial charge < -0.3 is 16.8 Å². The van der Waals surface area contributed by atoms with Crippen molar-refractivity contribution in [3.63, 3.8) is 0 Å². The van der Waals surface area contributed by atoms with Crippen molar-refractivity contribution in [3.8, 4) is 11.3 Å². The van der Waals surface area contributed by atoms with E-state index in [0.29, 0.717) is 22.3 Å². The third-order valence-electron chi connectivity index (χ3n) is 4.92. The molecule has 0 fully saturated rings. The number of thiazole rings is 1. The van der Waals surface area contributed by atoms with Crippen LogP contribution in [0.1, 0.15) is 30.9 Å². The van der Waals surface area contributed by atoms with E-state index in [1.54, 1.807) is 17.5 Å². The molecule has 1 heterocycles. The molecule has 3 aromatic carbocycles. The molecule has 35 heavy (non-hydrogen) atoms. The number of anilines is 4. The maximum absolute atomic E-state index is 13.2. The average Bonchev–Trinajstić information content (AvgIpc) is 3.26. The molecule has 4 aromatic rings. The quantitative estimate of drug-likeness (QED) is 0.195. The molecule has 0 spiro atoms. The van der Waals surface area contributed by atoms with Crippen LogP contribution in [0.4, 0.5) is 44.1 Å². The molecule has 1 aromatic heterocycles. The fraction of sp³-hybridized carbons (Fsp3) is 0.160. The highest BCUT2D eigenvalue weighted by molar-refractivity contribution is 7.14. The lowest BCUT2D eigenvalue weighted by atomic mass is 10.0. The normalized spacial score (nSPS) is 11.2. The van der Waals surface area contributed by atoms with E-state index in [0.717, 1.165) is 17.7 Å². The number of nitrogen functional groups attached to an aromatic ring is 2. The van der Waals surface area contributed by atoms with E-state index < -0.39 is 17.6 Å². The Bertz CT molecular complexity index is 1300. The van der Waals surface area contributed by atoms with Crippen molar-refractivity contribution >= 4 is 33.5 Å². The molecule has 0 aliphatic heterocycles. The zero-order valence-electron chi connectivity index (χ0n) is 18.8. The van der Waals surface area contributed by atoms with Gasteiger partial charge in [0.05, 0.1) is 22.6 Å². The van der Waals surface area contributed by atoms with Gasteiger partial charge in [0.15, 0.2) is 5.13 Å². The monoisotopic (exact) mass is 506 g/mol. The second-order valence-electron chi connectivity index (χ2n) is 7.91. The van der Waals surface area contributed by atoms with Crippen molar-refractivity contribution in [1.29, 1.82) is 0 Å². The minimum Gasteiger partial charge on any atom is -0.396 e. The largest absolute Gasteiger partial charge is 0.416 e. The predicted octanol–water partition coefficient (Wildman–Crippen LogP) is 7.83. The molecule has 0 saturated carbocycles. The second kappa shape index (κ2) is 10.7. The van der Waals surface area contributed by atoms with Gasteiger partial charge in [0, 0.05) is 16.6 Å². The lowest BCUT2D eigenvalue weighted by Gasteiger charge is -2.09. The van der Waals surface area contributed by atoms with Crippen molar-refractivity contribution < 1.29 is 22.0 Å². The van der Waals surface area contributed by atoms with Crippen molar-refractivity contribution in [2.45, 2.75) is 25.9 Å². The van der Waals surface area contributed by atoms with Crippen LogP contribution in [-0.2, 0) is 6.18 Å². The second-order valence-corrected chi connectivity index (χ2v) is 8.77. The number of alkyl halides is 3. The summed E-state index contributed by atoms with van der Waals surface area (Å²) in [6.45, 7) is 4.10. The highest BCUT2D eigenvalue weighted by atomic mass is 32.1. The Balaban J connectivity index is 0.000000261. The summed E-state index contributed by atoms with van der Waals surface area (Å²) < 4.78 is 64.0. The van der Waals surface area contributed by atoms with Gasteiger partial charge in [-0.2, -0.15) is 13.2 Å². The number of nitrogens with one attached hydrogen (secondary N) is 1. The Morgan fingerprint density at radius 3 is 2.14 bits per heavy atom. The summed E-state index contributed by atoms with van der Waals surface area (Å²) in [5, 5.41) is 4.97. The Kier molecular flexibility index (Phi) is 7.96. The summed E-state index contributed by atoms with van der Waals surface area (Å²) in [5.74, 6) is -0.455. The van der Waals surface area contributed by atoms with Gasteiger partial charge in [-0.3, -0.25) is 0 Å². The first kappa shape index (κ1) is 26.0. The molecule has 0 bridgehead atoms. The van der Waals surface area contributed by atoms with Crippen LogP contribution in [0.2, 0.25) is 0 Å². The van der Waals surface area contributed by atoms with Crippen molar-refractivity contribution in [3.05, 3.63) is 88.8 Å². The number of hydrogen-bond acceptors (Lipinski definition) is 5. The van der Waals surface area contributed by atoms with Crippen LogP contribution in [0, 0.1) is 11.6 Å². The third-order valence-corrected chi connectivity index (χ3v) is 5.68. The van der Waals surface area contributed by atoms with E-state index in [1.165, 1.54) is 47.7 Å². The summed E-state index contributed by atoms with van der Waals surface area (Å²) in [4.78, 5) is 4.29. The summed E-state index contributed by atoms with van der Waals surface area (Å²) in [6, 6.07) is 13.9. The molecule has 0 atom stereocenters. The van der Waals surface area contributed by atoms with E-state index in [1.807, 2.05) is 13.8 Å². The Hall–Kier alpha value is -3.66. The van der Waals surface area contributed by atoms with E-state index in [-0.39, 0.29) is 22.9 Å². The molecule has 0 aliphatic carbocycles. The Morgan fingerprint density at radius 1 is 0.886 bits per heavy atom. The molecule has 0 unspecified atom stereocenters. The van der Waals surface area contributed by atoms with Gasteiger partial charge in [0.1, 0.15) is 11.6 Å². The number of benzene rings is 3. The Morgan fingerprint density at radius 2 is 1.54 bits per heavy atom. The molecule has 0 aliphatic rings. The molecule has 0 radical (unpaired) electrons. The average molecular weight is 507 g/mol. The van der Waals surface area contributed by atoms with Crippen LogP contribution in [-0.4, -0.2) is 4.98 Å². The van der Waals surface area contributed by atoms with Gasteiger partial charge in [-0.05, 0) is 60.0 Å². The van der Waals surface area contributed by atoms with Gasteiger partial charge in [0.2, 0.25) is 0 Å². The van der Waals surface area contributed by atoms with E-state index in [9.17, 15) is 22.0 Å². The standard InChI is InChI=1S/C16H11F4N3S.C9H12FN/c17-12-5-4-9(6-13(12)21)14-8-24-15(23-14)22-11-3-1-2-10(7-11)16(18,19)20;1-6(2)7-3-4-8(10)9(11)5-7/h1-8H,21H2,(H,22,23);3-6H,11H2,1-2H3. The summed E-state index contributed by atoms with van der Waals surface area (Å²) >= 11 is 1.22. The van der Waals surface area contributed by atoms with Crippen molar-refractivity contribution in [1.82, 2.24) is 4.98 Å². The van der Waals surface area contributed by atoms with E-state index in [2.05, 4.69) is 10.3 Å². The number of aromatic nitrogens is 1. The molecule has 0 saturated heterocycles. The highest BCUT2D eigenvalue weighted by Crippen LogP contribution is 2.33. The first-order chi connectivity index (χ1) is 16.4. The first-order valence-corrected chi connectivity index (χ1v) is 11.3. The van der Waals surface area contributed by atoms with E-state index >= 15 is 0 Å². The molecule has 4 nitrogen and oxygen atoms in total. The van der Waals surface area contributed by atoms with Crippen LogP contribution in [0.3, 0.4) is 0 Å². The van der Waals surface area contributed by atoms with Crippen molar-refractivity contribution in [2.24, 2.45) is 0 Å². The van der Waals surface area contributed by atoms with Crippen LogP contribution >= 0.6 is 11.3 Å². The Labute approximate surface area is 203 Å². The van der Waals surface area contributed by atoms with Gasteiger partial charge in [0.25, 0.3) is 0 Å². The van der Waals surface area contributed by atoms with Crippen LogP contribution in [0.5, 0.6) is 0 Å². The van der Waals surface area contributed by atoms with Gasteiger partial charge in [-0.1, -0.05) is 26.0 Å². The SMILES string of the molecule is CC(C)c1ccc(F)c(N)c1.Nc1cc(-c2csc(Nc3cccc(C(F)(F)F)c3)n2)ccc1F. The smallest absolute Gasteiger partial charge is 0.396 e. The van der Waals surface area contributed by atoms with Crippen LogP contribution in [0.25, 0.3) is 11.3 Å². The number of nitrogens with two attached hydrogens (primary N) is 2. The fourth-order valence-electron chi connectivity index (χ4n) is 2.98. The molecule has 10 heteroatoms. The molecular formula is C25H23F5N4S. The topological polar surface area (TPSA) is 77.0 Å². The zero-order chi connectivity index (χ0) is 25.8. The maximum Gasteiger partial charge on any atom is 0.416 e. The number of hydrogen-bond donors (Lipinski definition) is 3. The first-order valence-electron chi connectivity index (χ1n) is 10.4. The molecule has 4 rings (SSSR count). The summed E-state index contributed by atoms with van der Waals surface area (Å²) in [7, 11) is 0. The molecule has 0 amide bonds. The number of nitrogens with zero attached hydrogens (tertiary/aromatic N) is 1. The van der Waals surface area contributed by atoms with Crippen molar-refractivity contribution in [2.75, 3.05) is 16.8 Å². The highest BCUT2D eigenvalue weighted by Gasteiger charge is 2.30. The fourth-order valence-corrected chi connectivity index (χ4v) is 3.72. The van der Waals surface area contributed by atoms with Gasteiger partial charge in [-0.25, -0.2) is 13.8 Å². The zero-order valence-corrected chi connectivity index (χ0v) is 19.6. The number of rotatable bonds is 4. The minimum atomic E-state index is -4.41. The third kappa shape index (κ3) is 6.92. The van der Waals surface area contributed by atoms with Gasteiger partial charge >= 0.3 is 6.18 Å². The predicted molar refractivity (Wildman–Crippen MR) is 132 cm³/mol. The minimum absolute atomic E-state index is 0.00730. The summed E-state index contributed by atoms with van der Waals surface area (Å²) in [6.07, 6.45) is -4.41. The molecule has 5 N–H and O–H groups in total. The van der Waals surface area contributed by atoms with Crippen LogP contribution in [0.15, 0.2) is 66.0 Å². The van der Waals surface area contributed by atoms with Gasteiger partial charge in [-0.15, -0.1) is 11.3 Å². The maximum atomic E-state index is 13.2. The molecule has 184 valence electrons. The van der Waals surface area contributed by atoms with Crippen LogP contribution < -0.4 is 16.8 Å². The number of halogens is 5. The molecular weight excluding hydrogens is 483 g/mol. The lowest BCUT2D eigenvalue weighted by molar-refractivity contribution is -0.137. The summed E-state index contributed by atoms with van der Waals surface area (Å²) in [5.41, 5.74) is 12.9.